The van der Waals surface area contributed by atoms with E-state index in [9.17, 15) is 23.5 Å². The Hall–Kier alpha value is -1.20. The third-order valence-electron chi connectivity index (χ3n) is 3.31. The molecule has 1 rings (SSSR count). The summed E-state index contributed by atoms with van der Waals surface area (Å²) in [5, 5.41) is 10.5. The maximum atomic E-state index is 13.5. The molecule has 0 amide bonds. The molecule has 0 bridgehead atoms. The Morgan fingerprint density at radius 2 is 1.84 bits per heavy atom. The van der Waals surface area contributed by atoms with E-state index in [1.165, 1.54) is 0 Å². The number of alkyl halides is 2. The van der Waals surface area contributed by atoms with Crippen molar-refractivity contribution in [3.8, 4) is 0 Å². The van der Waals surface area contributed by atoms with Gasteiger partial charge in [-0.15, -0.1) is 0 Å². The molecular formula is C13H19F2O4-. The minimum atomic E-state index is -4.15. The lowest BCUT2D eigenvalue weighted by Crippen LogP contribution is -2.52. The Labute approximate surface area is 111 Å². The monoisotopic (exact) mass is 277 g/mol. The Balaban J connectivity index is 2.73. The molecular weight excluding hydrogens is 258 g/mol. The predicted octanol–water partition coefficient (Wildman–Crippen LogP) is 1.52. The fourth-order valence-electron chi connectivity index (χ4n) is 2.23. The van der Waals surface area contributed by atoms with Crippen LogP contribution in [0, 0.1) is 11.8 Å². The maximum absolute atomic E-state index is 13.5. The standard InChI is InChI=1S/C13H20F2O4/c1-8(2)7-10(13(14,15)12(17)18)19-11(16)9-5-3-4-6-9/h8-10H,3-7H2,1-2H3,(H,17,18)/p-1. The Morgan fingerprint density at radius 3 is 2.26 bits per heavy atom. The number of carboxylic acids is 1. The molecule has 1 unspecified atom stereocenters. The summed E-state index contributed by atoms with van der Waals surface area (Å²) in [6.45, 7) is 3.31. The predicted molar refractivity (Wildman–Crippen MR) is 61.2 cm³/mol. The van der Waals surface area contributed by atoms with Gasteiger partial charge in [0.25, 0.3) is 0 Å². The van der Waals surface area contributed by atoms with Crippen LogP contribution in [0.15, 0.2) is 0 Å². The van der Waals surface area contributed by atoms with Crippen molar-refractivity contribution in [3.05, 3.63) is 0 Å². The minimum absolute atomic E-state index is 0.209. The topological polar surface area (TPSA) is 66.4 Å². The summed E-state index contributed by atoms with van der Waals surface area (Å²) >= 11 is 0. The van der Waals surface area contributed by atoms with Gasteiger partial charge in [-0.05, 0) is 25.2 Å². The SMILES string of the molecule is CC(C)CC(OC(=O)C1CCCC1)C(F)(F)C(=O)[O-]. The van der Waals surface area contributed by atoms with Gasteiger partial charge in [-0.2, -0.15) is 8.78 Å². The van der Waals surface area contributed by atoms with Gasteiger partial charge >= 0.3 is 11.9 Å². The van der Waals surface area contributed by atoms with Crippen LogP contribution in [0.25, 0.3) is 0 Å². The summed E-state index contributed by atoms with van der Waals surface area (Å²) in [6.07, 6.45) is 0.801. The van der Waals surface area contributed by atoms with Gasteiger partial charge in [0.05, 0.1) is 5.92 Å². The molecule has 6 heteroatoms. The van der Waals surface area contributed by atoms with Crippen molar-refractivity contribution in [2.45, 2.75) is 58.0 Å². The van der Waals surface area contributed by atoms with Crippen LogP contribution in [0.4, 0.5) is 8.78 Å². The number of carboxylic acid groups (broad SMARTS) is 1. The first-order valence-corrected chi connectivity index (χ1v) is 6.55. The Kier molecular flexibility index (Phi) is 5.26. The highest BCUT2D eigenvalue weighted by Crippen LogP contribution is 2.30. The van der Waals surface area contributed by atoms with Crippen LogP contribution in [0.3, 0.4) is 0 Å². The number of aliphatic carboxylic acids is 1. The average molecular weight is 277 g/mol. The van der Waals surface area contributed by atoms with E-state index in [1.54, 1.807) is 13.8 Å². The summed E-state index contributed by atoms with van der Waals surface area (Å²) in [5.41, 5.74) is 0. The first-order chi connectivity index (χ1) is 8.75. The summed E-state index contributed by atoms with van der Waals surface area (Å²) < 4.78 is 31.7. The fourth-order valence-corrected chi connectivity index (χ4v) is 2.23. The highest BCUT2D eigenvalue weighted by atomic mass is 19.3. The molecule has 1 saturated carbocycles. The summed E-state index contributed by atoms with van der Waals surface area (Å²) in [6, 6.07) is 0. The number of rotatable bonds is 6. The van der Waals surface area contributed by atoms with Crippen LogP contribution >= 0.6 is 0 Å². The number of hydrogen-bond acceptors (Lipinski definition) is 4. The largest absolute Gasteiger partial charge is 0.544 e. The lowest BCUT2D eigenvalue weighted by Gasteiger charge is -2.29. The normalized spacial score (nSPS) is 18.6. The molecule has 4 nitrogen and oxygen atoms in total. The van der Waals surface area contributed by atoms with Crippen molar-refractivity contribution in [2.75, 3.05) is 0 Å². The van der Waals surface area contributed by atoms with E-state index >= 15 is 0 Å². The number of hydrogen-bond donors (Lipinski definition) is 0. The Bertz CT molecular complexity index is 336. The van der Waals surface area contributed by atoms with Crippen LogP contribution < -0.4 is 5.11 Å². The second-order valence-electron chi connectivity index (χ2n) is 5.45. The molecule has 0 N–H and O–H groups in total. The highest BCUT2D eigenvalue weighted by Gasteiger charge is 2.45. The molecule has 1 atom stereocenters. The van der Waals surface area contributed by atoms with Gasteiger partial charge < -0.3 is 14.6 Å². The zero-order valence-corrected chi connectivity index (χ0v) is 11.2. The fraction of sp³-hybridized carbons (Fsp3) is 0.846. The van der Waals surface area contributed by atoms with Gasteiger partial charge in [-0.1, -0.05) is 26.7 Å². The third-order valence-corrected chi connectivity index (χ3v) is 3.31. The molecule has 0 radical (unpaired) electrons. The van der Waals surface area contributed by atoms with Gasteiger partial charge in [0.15, 0.2) is 6.10 Å². The molecule has 0 aliphatic heterocycles. The lowest BCUT2D eigenvalue weighted by atomic mass is 10.0. The molecule has 1 aliphatic carbocycles. The van der Waals surface area contributed by atoms with E-state index in [-0.39, 0.29) is 18.3 Å². The number of esters is 1. The number of carbonyl (C=O) groups excluding carboxylic acids is 2. The molecule has 0 aromatic carbocycles. The van der Waals surface area contributed by atoms with Crippen molar-refractivity contribution in [1.82, 2.24) is 0 Å². The van der Waals surface area contributed by atoms with Crippen LogP contribution in [-0.2, 0) is 14.3 Å². The number of ether oxygens (including phenoxy) is 1. The second-order valence-corrected chi connectivity index (χ2v) is 5.45. The zero-order chi connectivity index (χ0) is 14.6. The van der Waals surface area contributed by atoms with E-state index in [4.69, 9.17) is 4.74 Å². The van der Waals surface area contributed by atoms with E-state index in [2.05, 4.69) is 0 Å². The van der Waals surface area contributed by atoms with Crippen LogP contribution in [0.2, 0.25) is 0 Å². The molecule has 0 spiro atoms. The van der Waals surface area contributed by atoms with Crippen molar-refractivity contribution in [2.24, 2.45) is 11.8 Å². The van der Waals surface area contributed by atoms with Gasteiger partial charge in [-0.3, -0.25) is 4.79 Å². The summed E-state index contributed by atoms with van der Waals surface area (Å²) in [4.78, 5) is 22.2. The van der Waals surface area contributed by atoms with Gasteiger partial charge in [-0.25, -0.2) is 0 Å². The van der Waals surface area contributed by atoms with Crippen molar-refractivity contribution in [3.63, 3.8) is 0 Å². The van der Waals surface area contributed by atoms with E-state index in [0.29, 0.717) is 12.8 Å². The van der Waals surface area contributed by atoms with E-state index in [1.807, 2.05) is 0 Å². The first kappa shape index (κ1) is 15.9. The summed E-state index contributed by atoms with van der Waals surface area (Å²) in [7, 11) is 0. The van der Waals surface area contributed by atoms with Gasteiger partial charge in [0.2, 0.25) is 0 Å². The van der Waals surface area contributed by atoms with Crippen LogP contribution in [0.1, 0.15) is 46.0 Å². The zero-order valence-electron chi connectivity index (χ0n) is 11.2. The number of halogens is 2. The maximum Gasteiger partial charge on any atom is 0.323 e. The molecule has 0 aromatic heterocycles. The molecule has 1 aliphatic rings. The summed E-state index contributed by atoms with van der Waals surface area (Å²) in [5.74, 6) is -7.97. The Morgan fingerprint density at radius 1 is 1.32 bits per heavy atom. The highest BCUT2D eigenvalue weighted by molar-refractivity contribution is 5.76. The smallest absolute Gasteiger partial charge is 0.323 e. The van der Waals surface area contributed by atoms with E-state index < -0.39 is 24.0 Å². The second kappa shape index (κ2) is 6.30. The molecule has 19 heavy (non-hydrogen) atoms. The number of carbonyl (C=O) groups is 2. The lowest BCUT2D eigenvalue weighted by molar-refractivity contribution is -0.336. The molecule has 1 fully saturated rings. The van der Waals surface area contributed by atoms with Crippen LogP contribution in [-0.4, -0.2) is 24.0 Å². The van der Waals surface area contributed by atoms with Crippen molar-refractivity contribution < 1.29 is 28.2 Å². The average Bonchev–Trinajstić information content (AvgIpc) is 2.80. The van der Waals surface area contributed by atoms with Crippen LogP contribution in [0.5, 0.6) is 0 Å². The van der Waals surface area contributed by atoms with Crippen molar-refractivity contribution >= 4 is 11.9 Å². The molecule has 0 saturated heterocycles. The quantitative estimate of drug-likeness (QED) is 0.690. The van der Waals surface area contributed by atoms with Gasteiger partial charge in [0, 0.05) is 0 Å². The first-order valence-electron chi connectivity index (χ1n) is 6.55. The van der Waals surface area contributed by atoms with Crippen molar-refractivity contribution in [1.29, 1.82) is 0 Å². The molecule has 110 valence electrons. The van der Waals surface area contributed by atoms with Gasteiger partial charge in [0.1, 0.15) is 5.97 Å². The molecule has 0 heterocycles. The van der Waals surface area contributed by atoms with E-state index in [0.717, 1.165) is 12.8 Å². The molecule has 0 aromatic rings. The third kappa shape index (κ3) is 4.14. The minimum Gasteiger partial charge on any atom is -0.544 e.